The summed E-state index contributed by atoms with van der Waals surface area (Å²) in [6.07, 6.45) is 0.644. The maximum absolute atomic E-state index is 12.7. The topological polar surface area (TPSA) is 97.9 Å². The lowest BCUT2D eigenvalue weighted by Crippen LogP contribution is -2.38. The predicted molar refractivity (Wildman–Crippen MR) is 84.9 cm³/mol. The second-order valence-electron chi connectivity index (χ2n) is 4.11. The summed E-state index contributed by atoms with van der Waals surface area (Å²) >= 11 is 1.19. The Hall–Kier alpha value is -2.74. The Bertz CT molecular complexity index is 684. The van der Waals surface area contributed by atoms with Crippen molar-refractivity contribution >= 4 is 40.1 Å². The number of aldehydes is 1. The first-order chi connectivity index (χ1) is 10.7. The molecule has 1 aromatic heterocycles. The quantitative estimate of drug-likeness (QED) is 0.492. The molecule has 22 heavy (non-hydrogen) atoms. The number of thiazole rings is 1. The maximum atomic E-state index is 12.7. The third kappa shape index (κ3) is 3.47. The molecular weight excluding hydrogens is 304 g/mol. The first kappa shape index (κ1) is 15.6. The zero-order valence-electron chi connectivity index (χ0n) is 11.8. The molecule has 2 aromatic rings. The Balaban J connectivity index is 2.39. The summed E-state index contributed by atoms with van der Waals surface area (Å²) in [7, 11) is 1.33. The number of hydrogen-bond donors (Lipinski definition) is 1. The fourth-order valence-electron chi connectivity index (χ4n) is 1.80. The molecule has 114 valence electrons. The summed E-state index contributed by atoms with van der Waals surface area (Å²) < 4.78 is 0. The van der Waals surface area contributed by atoms with Gasteiger partial charge in [-0.2, -0.15) is 0 Å². The van der Waals surface area contributed by atoms with Crippen LogP contribution in [0.25, 0.3) is 0 Å². The number of carbonyl (C=O) groups excluding carboxylic acids is 2. The predicted octanol–water partition coefficient (Wildman–Crippen LogP) is 1.31. The highest BCUT2D eigenvalue weighted by atomic mass is 32.1. The minimum absolute atomic E-state index is 0.0128. The standard InChI is InChI=1S/C14H14N4O3S/c1-21-17-12(11-9-22-14(15)16-11)13(20)18(7-8-19)10-5-3-2-4-6-10/h2-6,8-9H,7H2,1H3,(H2,15,16). The van der Waals surface area contributed by atoms with Crippen LogP contribution in [0.5, 0.6) is 0 Å². The van der Waals surface area contributed by atoms with Crippen LogP contribution >= 0.6 is 11.3 Å². The number of amides is 1. The fraction of sp³-hybridized carbons (Fsp3) is 0.143. The van der Waals surface area contributed by atoms with Gasteiger partial charge in [-0.25, -0.2) is 4.98 Å². The van der Waals surface area contributed by atoms with E-state index in [1.54, 1.807) is 29.6 Å². The molecular formula is C14H14N4O3S. The number of para-hydroxylation sites is 1. The molecule has 0 saturated heterocycles. The van der Waals surface area contributed by atoms with E-state index in [0.29, 0.717) is 22.8 Å². The van der Waals surface area contributed by atoms with Crippen molar-refractivity contribution in [1.29, 1.82) is 0 Å². The molecule has 0 aliphatic heterocycles. The van der Waals surface area contributed by atoms with Crippen molar-refractivity contribution in [3.8, 4) is 0 Å². The van der Waals surface area contributed by atoms with Gasteiger partial charge in [-0.15, -0.1) is 11.3 Å². The van der Waals surface area contributed by atoms with Crippen LogP contribution in [0.2, 0.25) is 0 Å². The molecule has 7 nitrogen and oxygen atoms in total. The molecule has 0 spiro atoms. The lowest BCUT2D eigenvalue weighted by molar-refractivity contribution is -0.114. The molecule has 0 saturated carbocycles. The second-order valence-corrected chi connectivity index (χ2v) is 5.00. The van der Waals surface area contributed by atoms with E-state index in [9.17, 15) is 9.59 Å². The number of rotatable bonds is 6. The van der Waals surface area contributed by atoms with Crippen molar-refractivity contribution in [2.24, 2.45) is 5.16 Å². The molecule has 1 aromatic carbocycles. The number of carbonyl (C=O) groups is 2. The van der Waals surface area contributed by atoms with Crippen LogP contribution in [-0.2, 0) is 14.4 Å². The molecule has 0 atom stereocenters. The zero-order valence-corrected chi connectivity index (χ0v) is 12.6. The molecule has 2 rings (SSSR count). The van der Waals surface area contributed by atoms with E-state index >= 15 is 0 Å². The molecule has 0 aliphatic carbocycles. The van der Waals surface area contributed by atoms with Crippen LogP contribution in [0, 0.1) is 0 Å². The van der Waals surface area contributed by atoms with Crippen molar-refractivity contribution in [3.63, 3.8) is 0 Å². The van der Waals surface area contributed by atoms with E-state index < -0.39 is 5.91 Å². The Kier molecular flexibility index (Phi) is 5.21. The van der Waals surface area contributed by atoms with Gasteiger partial charge in [-0.05, 0) is 12.1 Å². The van der Waals surface area contributed by atoms with Crippen LogP contribution in [-0.4, -0.2) is 36.5 Å². The normalized spacial score (nSPS) is 11.0. The minimum atomic E-state index is -0.495. The molecule has 0 bridgehead atoms. The van der Waals surface area contributed by atoms with Crippen LogP contribution in [0.4, 0.5) is 10.8 Å². The zero-order chi connectivity index (χ0) is 15.9. The number of oxime groups is 1. The van der Waals surface area contributed by atoms with E-state index in [-0.39, 0.29) is 12.3 Å². The Morgan fingerprint density at radius 3 is 2.73 bits per heavy atom. The van der Waals surface area contributed by atoms with E-state index in [1.165, 1.54) is 23.3 Å². The van der Waals surface area contributed by atoms with Gasteiger partial charge in [-0.3, -0.25) is 9.69 Å². The Labute approximate surface area is 131 Å². The highest BCUT2D eigenvalue weighted by Gasteiger charge is 2.25. The van der Waals surface area contributed by atoms with Gasteiger partial charge in [0.2, 0.25) is 0 Å². The van der Waals surface area contributed by atoms with Gasteiger partial charge in [0.25, 0.3) is 5.91 Å². The average molecular weight is 318 g/mol. The number of nitrogen functional groups attached to an aromatic ring is 1. The summed E-state index contributed by atoms with van der Waals surface area (Å²) in [5.41, 5.74) is 6.46. The van der Waals surface area contributed by atoms with Gasteiger partial charge in [0.05, 0.1) is 6.54 Å². The van der Waals surface area contributed by atoms with Crippen LogP contribution < -0.4 is 10.6 Å². The van der Waals surface area contributed by atoms with Crippen molar-refractivity contribution in [1.82, 2.24) is 4.98 Å². The van der Waals surface area contributed by atoms with Gasteiger partial charge in [0, 0.05) is 11.1 Å². The summed E-state index contributed by atoms with van der Waals surface area (Å²) in [5.74, 6) is -0.495. The summed E-state index contributed by atoms with van der Waals surface area (Å²) in [5, 5.41) is 5.65. The highest BCUT2D eigenvalue weighted by Crippen LogP contribution is 2.17. The summed E-state index contributed by atoms with van der Waals surface area (Å²) in [4.78, 5) is 33.7. The van der Waals surface area contributed by atoms with Gasteiger partial charge in [0.15, 0.2) is 10.8 Å². The number of nitrogens with zero attached hydrogens (tertiary/aromatic N) is 3. The van der Waals surface area contributed by atoms with E-state index in [0.717, 1.165) is 0 Å². The lowest BCUT2D eigenvalue weighted by Gasteiger charge is -2.20. The first-order valence-electron chi connectivity index (χ1n) is 6.30. The van der Waals surface area contributed by atoms with Crippen LogP contribution in [0.3, 0.4) is 0 Å². The van der Waals surface area contributed by atoms with Crippen molar-refractivity contribution < 1.29 is 14.4 Å². The molecule has 1 heterocycles. The summed E-state index contributed by atoms with van der Waals surface area (Å²) in [6, 6.07) is 8.81. The fourth-order valence-corrected chi connectivity index (χ4v) is 2.35. The molecule has 2 N–H and O–H groups in total. The molecule has 0 fully saturated rings. The number of nitrogens with two attached hydrogens (primary N) is 1. The average Bonchev–Trinajstić information content (AvgIpc) is 2.96. The molecule has 0 aliphatic rings. The van der Waals surface area contributed by atoms with E-state index in [2.05, 4.69) is 10.1 Å². The number of anilines is 2. The molecule has 1 amide bonds. The second kappa shape index (κ2) is 7.32. The molecule has 0 unspecified atom stereocenters. The lowest BCUT2D eigenvalue weighted by atomic mass is 10.2. The Morgan fingerprint density at radius 1 is 1.45 bits per heavy atom. The van der Waals surface area contributed by atoms with Crippen molar-refractivity contribution in [3.05, 3.63) is 41.4 Å². The number of hydrogen-bond acceptors (Lipinski definition) is 7. The third-order valence-corrected chi connectivity index (χ3v) is 3.39. The van der Waals surface area contributed by atoms with Gasteiger partial charge < -0.3 is 15.4 Å². The molecule has 0 radical (unpaired) electrons. The van der Waals surface area contributed by atoms with Gasteiger partial charge >= 0.3 is 0 Å². The monoisotopic (exact) mass is 318 g/mol. The first-order valence-corrected chi connectivity index (χ1v) is 7.18. The van der Waals surface area contributed by atoms with Crippen molar-refractivity contribution in [2.75, 3.05) is 24.3 Å². The minimum Gasteiger partial charge on any atom is -0.398 e. The smallest absolute Gasteiger partial charge is 0.283 e. The van der Waals surface area contributed by atoms with Crippen LogP contribution in [0.15, 0.2) is 40.9 Å². The SMILES string of the molecule is CON=C(C(=O)N(CC=O)c1ccccc1)c1csc(N)n1. The largest absolute Gasteiger partial charge is 0.398 e. The van der Waals surface area contributed by atoms with Gasteiger partial charge in [-0.1, -0.05) is 23.4 Å². The maximum Gasteiger partial charge on any atom is 0.283 e. The molecule has 8 heteroatoms. The van der Waals surface area contributed by atoms with Crippen molar-refractivity contribution in [2.45, 2.75) is 0 Å². The highest BCUT2D eigenvalue weighted by molar-refractivity contribution is 7.13. The van der Waals surface area contributed by atoms with E-state index in [1.807, 2.05) is 6.07 Å². The van der Waals surface area contributed by atoms with E-state index in [4.69, 9.17) is 10.6 Å². The number of benzene rings is 1. The third-order valence-electron chi connectivity index (χ3n) is 2.72. The van der Waals surface area contributed by atoms with Gasteiger partial charge in [0.1, 0.15) is 19.1 Å². The Morgan fingerprint density at radius 2 is 2.18 bits per heavy atom. The number of aromatic nitrogens is 1. The summed E-state index contributed by atoms with van der Waals surface area (Å²) in [6.45, 7) is -0.106. The van der Waals surface area contributed by atoms with Crippen LogP contribution in [0.1, 0.15) is 5.69 Å².